The molecule has 0 aliphatic heterocycles. The summed E-state index contributed by atoms with van der Waals surface area (Å²) in [6, 6.07) is 12.9. The fourth-order valence-electron chi connectivity index (χ4n) is 2.95. The zero-order valence-corrected chi connectivity index (χ0v) is 16.9. The molecule has 1 fully saturated rings. The molecule has 1 unspecified atom stereocenters. The number of halogens is 2. The summed E-state index contributed by atoms with van der Waals surface area (Å²) >= 11 is 1.18. The molecule has 1 atom stereocenters. The first kappa shape index (κ1) is 20.3. The molecule has 1 N–H and O–H groups in total. The number of nitrogens with one attached hydrogen (secondary N) is 1. The standard InChI is InChI=1S/C21H19F2N3O3S/c1-12(18(27)24-13-6-7-13)30-21-25-17-5-3-2-4-16(17)19(28)26(21)14-8-10-15(11-9-14)29-20(22)23/h2-5,8-13,20H,6-7H2,1H3,(H,24,27). The summed E-state index contributed by atoms with van der Waals surface area (Å²) in [4.78, 5) is 30.2. The summed E-state index contributed by atoms with van der Waals surface area (Å²) < 4.78 is 30.6. The molecule has 6 nitrogen and oxygen atoms in total. The molecule has 9 heteroatoms. The van der Waals surface area contributed by atoms with Crippen LogP contribution in [0.1, 0.15) is 19.8 Å². The molecular weight excluding hydrogens is 412 g/mol. The van der Waals surface area contributed by atoms with E-state index >= 15 is 0 Å². The molecule has 156 valence electrons. The van der Waals surface area contributed by atoms with E-state index in [2.05, 4.69) is 15.0 Å². The highest BCUT2D eigenvalue weighted by molar-refractivity contribution is 8.00. The van der Waals surface area contributed by atoms with Gasteiger partial charge in [0.2, 0.25) is 5.91 Å². The number of benzene rings is 2. The molecule has 0 spiro atoms. The Morgan fingerprint density at radius 1 is 1.20 bits per heavy atom. The van der Waals surface area contributed by atoms with Crippen molar-refractivity contribution in [3.05, 3.63) is 58.9 Å². The lowest BCUT2D eigenvalue weighted by Crippen LogP contribution is -2.33. The van der Waals surface area contributed by atoms with Gasteiger partial charge in [-0.2, -0.15) is 8.78 Å². The van der Waals surface area contributed by atoms with Gasteiger partial charge < -0.3 is 10.1 Å². The average Bonchev–Trinajstić information content (AvgIpc) is 3.53. The first-order valence-corrected chi connectivity index (χ1v) is 10.3. The Labute approximate surface area is 175 Å². The van der Waals surface area contributed by atoms with Crippen molar-refractivity contribution >= 4 is 28.6 Å². The number of thioether (sulfide) groups is 1. The van der Waals surface area contributed by atoms with Gasteiger partial charge in [0.1, 0.15) is 5.75 Å². The van der Waals surface area contributed by atoms with Crippen LogP contribution < -0.4 is 15.6 Å². The highest BCUT2D eigenvalue weighted by Crippen LogP contribution is 2.27. The SMILES string of the molecule is CC(Sc1nc2ccccc2c(=O)n1-c1ccc(OC(F)F)cc1)C(=O)NC1CC1. The minimum atomic E-state index is -2.93. The van der Waals surface area contributed by atoms with Crippen molar-refractivity contribution in [1.82, 2.24) is 14.9 Å². The van der Waals surface area contributed by atoms with Gasteiger partial charge in [-0.05, 0) is 56.2 Å². The maximum atomic E-state index is 13.2. The predicted molar refractivity (Wildman–Crippen MR) is 110 cm³/mol. The minimum absolute atomic E-state index is 0.0121. The Balaban J connectivity index is 1.74. The second kappa shape index (κ2) is 8.43. The van der Waals surface area contributed by atoms with Crippen molar-refractivity contribution in [2.24, 2.45) is 0 Å². The summed E-state index contributed by atoms with van der Waals surface area (Å²) in [6.07, 6.45) is 1.96. The second-order valence-electron chi connectivity index (χ2n) is 6.97. The molecule has 1 heterocycles. The van der Waals surface area contributed by atoms with Gasteiger partial charge in [0, 0.05) is 6.04 Å². The van der Waals surface area contributed by atoms with Crippen LogP contribution >= 0.6 is 11.8 Å². The van der Waals surface area contributed by atoms with Gasteiger partial charge in [-0.1, -0.05) is 23.9 Å². The topological polar surface area (TPSA) is 73.2 Å². The quantitative estimate of drug-likeness (QED) is 0.456. The number of carbonyl (C=O) groups is 1. The fourth-order valence-corrected chi connectivity index (χ4v) is 3.89. The number of fused-ring (bicyclic) bond motifs is 1. The molecule has 0 saturated heterocycles. The number of para-hydroxylation sites is 1. The number of amides is 1. The lowest BCUT2D eigenvalue weighted by molar-refractivity contribution is -0.120. The third-order valence-corrected chi connectivity index (χ3v) is 5.69. The predicted octanol–water partition coefficient (Wildman–Crippen LogP) is 3.75. The van der Waals surface area contributed by atoms with Crippen LogP contribution in [0.3, 0.4) is 0 Å². The van der Waals surface area contributed by atoms with E-state index in [0.29, 0.717) is 21.7 Å². The van der Waals surface area contributed by atoms with Gasteiger partial charge in [-0.25, -0.2) is 4.98 Å². The van der Waals surface area contributed by atoms with Gasteiger partial charge in [0.25, 0.3) is 5.56 Å². The zero-order chi connectivity index (χ0) is 21.3. The van der Waals surface area contributed by atoms with Gasteiger partial charge in [-0.3, -0.25) is 14.2 Å². The largest absolute Gasteiger partial charge is 0.435 e. The fraction of sp³-hybridized carbons (Fsp3) is 0.286. The number of alkyl halides is 2. The molecule has 1 amide bonds. The lowest BCUT2D eigenvalue weighted by Gasteiger charge is -2.16. The number of ether oxygens (including phenoxy) is 1. The van der Waals surface area contributed by atoms with E-state index in [0.717, 1.165) is 12.8 Å². The summed E-state index contributed by atoms with van der Waals surface area (Å²) in [5.41, 5.74) is 0.659. The number of aromatic nitrogens is 2. The monoisotopic (exact) mass is 431 g/mol. The molecule has 1 aliphatic rings. The third-order valence-electron chi connectivity index (χ3n) is 4.64. The van der Waals surface area contributed by atoms with Crippen molar-refractivity contribution in [2.75, 3.05) is 0 Å². The minimum Gasteiger partial charge on any atom is -0.435 e. The van der Waals surface area contributed by atoms with E-state index in [1.54, 1.807) is 31.2 Å². The highest BCUT2D eigenvalue weighted by Gasteiger charge is 2.27. The summed E-state index contributed by atoms with van der Waals surface area (Å²) in [5.74, 6) is -0.126. The van der Waals surface area contributed by atoms with Crippen molar-refractivity contribution in [1.29, 1.82) is 0 Å². The Morgan fingerprint density at radius 3 is 2.57 bits per heavy atom. The van der Waals surface area contributed by atoms with Crippen molar-refractivity contribution in [3.63, 3.8) is 0 Å². The van der Waals surface area contributed by atoms with Gasteiger partial charge in [0.15, 0.2) is 5.16 Å². The number of hydrogen-bond donors (Lipinski definition) is 1. The number of rotatable bonds is 7. The van der Waals surface area contributed by atoms with Crippen LogP contribution in [-0.2, 0) is 4.79 Å². The highest BCUT2D eigenvalue weighted by atomic mass is 32.2. The van der Waals surface area contributed by atoms with E-state index in [4.69, 9.17) is 0 Å². The molecule has 3 aromatic rings. The van der Waals surface area contributed by atoms with Gasteiger partial charge in [-0.15, -0.1) is 0 Å². The smallest absolute Gasteiger partial charge is 0.387 e. The summed E-state index contributed by atoms with van der Waals surface area (Å²) in [5, 5.41) is 3.25. The Hall–Kier alpha value is -2.94. The van der Waals surface area contributed by atoms with Gasteiger partial charge in [0.05, 0.1) is 21.8 Å². The molecule has 30 heavy (non-hydrogen) atoms. The molecule has 1 aromatic heterocycles. The van der Waals surface area contributed by atoms with Crippen molar-refractivity contribution in [2.45, 2.75) is 42.8 Å². The van der Waals surface area contributed by atoms with E-state index < -0.39 is 11.9 Å². The first-order chi connectivity index (χ1) is 14.4. The van der Waals surface area contributed by atoms with Crippen LogP contribution in [0.15, 0.2) is 58.5 Å². The van der Waals surface area contributed by atoms with E-state index in [1.807, 2.05) is 0 Å². The molecular formula is C21H19F2N3O3S. The maximum Gasteiger partial charge on any atom is 0.387 e. The van der Waals surface area contributed by atoms with E-state index in [1.165, 1.54) is 40.6 Å². The Kier molecular flexibility index (Phi) is 5.72. The number of nitrogens with zero attached hydrogens (tertiary/aromatic N) is 2. The Bertz CT molecular complexity index is 1130. The molecule has 1 aliphatic carbocycles. The van der Waals surface area contributed by atoms with Crippen LogP contribution in [-0.4, -0.2) is 33.4 Å². The molecule has 4 rings (SSSR count). The molecule has 2 aromatic carbocycles. The van der Waals surface area contributed by atoms with Crippen LogP contribution in [0, 0.1) is 0 Å². The zero-order valence-electron chi connectivity index (χ0n) is 16.0. The number of hydrogen-bond acceptors (Lipinski definition) is 5. The second-order valence-corrected chi connectivity index (χ2v) is 8.28. The average molecular weight is 431 g/mol. The molecule has 0 bridgehead atoms. The maximum absolute atomic E-state index is 13.2. The molecule has 0 radical (unpaired) electrons. The van der Waals surface area contributed by atoms with Crippen LogP contribution in [0.2, 0.25) is 0 Å². The third kappa shape index (κ3) is 4.46. The van der Waals surface area contributed by atoms with Crippen LogP contribution in [0.4, 0.5) is 8.78 Å². The van der Waals surface area contributed by atoms with E-state index in [-0.39, 0.29) is 23.3 Å². The first-order valence-electron chi connectivity index (χ1n) is 9.46. The summed E-state index contributed by atoms with van der Waals surface area (Å²) in [6.45, 7) is -1.17. The number of carbonyl (C=O) groups excluding carboxylic acids is 1. The normalized spacial score (nSPS) is 14.7. The van der Waals surface area contributed by atoms with Crippen molar-refractivity contribution in [3.8, 4) is 11.4 Å². The van der Waals surface area contributed by atoms with Crippen molar-refractivity contribution < 1.29 is 18.3 Å². The van der Waals surface area contributed by atoms with Crippen LogP contribution in [0.5, 0.6) is 5.75 Å². The van der Waals surface area contributed by atoms with E-state index in [9.17, 15) is 18.4 Å². The Morgan fingerprint density at radius 2 is 1.90 bits per heavy atom. The lowest BCUT2D eigenvalue weighted by atomic mass is 10.2. The van der Waals surface area contributed by atoms with Crippen LogP contribution in [0.25, 0.3) is 16.6 Å². The summed E-state index contributed by atoms with van der Waals surface area (Å²) in [7, 11) is 0. The molecule has 1 saturated carbocycles. The van der Waals surface area contributed by atoms with Gasteiger partial charge >= 0.3 is 6.61 Å².